The van der Waals surface area contributed by atoms with E-state index in [0.29, 0.717) is 0 Å². The van der Waals surface area contributed by atoms with E-state index in [1.165, 1.54) is 16.3 Å². The van der Waals surface area contributed by atoms with E-state index in [1.807, 2.05) is 6.20 Å². The molecule has 0 unspecified atom stereocenters. The Kier molecular flexibility index (Phi) is 12.2. The number of H-pyrrole nitrogens is 1. The fourth-order valence-electron chi connectivity index (χ4n) is 2.16. The minimum absolute atomic E-state index is 0. The van der Waals surface area contributed by atoms with E-state index in [4.69, 9.17) is 0 Å². The molecule has 1 heterocycles. The van der Waals surface area contributed by atoms with E-state index < -0.39 is 0 Å². The zero-order valence-corrected chi connectivity index (χ0v) is 18.9. The van der Waals surface area contributed by atoms with E-state index in [1.54, 1.807) is 5.19 Å². The maximum atomic E-state index is 3.05. The van der Waals surface area contributed by atoms with Crippen molar-refractivity contribution in [2.75, 3.05) is 0 Å². The van der Waals surface area contributed by atoms with Crippen molar-refractivity contribution in [3.05, 3.63) is 60.4 Å². The molecular weight excluding hydrogens is 389 g/mol. The number of benzene rings is 1. The van der Waals surface area contributed by atoms with Crippen molar-refractivity contribution >= 4 is 24.8 Å². The molecule has 1 N–H and O–H groups in total. The second-order valence-corrected chi connectivity index (χ2v) is 9.22. The maximum Gasteiger partial charge on any atom is 4.00 e. The van der Waals surface area contributed by atoms with Gasteiger partial charge < -0.3 is 29.8 Å². The molecular formula is C19H24Cl2NSiTi. The van der Waals surface area contributed by atoms with Crippen LogP contribution in [0.5, 0.6) is 0 Å². The monoisotopic (exact) mass is 412 g/mol. The summed E-state index contributed by atoms with van der Waals surface area (Å²) in [7, 11) is -0.273. The van der Waals surface area contributed by atoms with Gasteiger partial charge in [-0.05, 0) is 5.41 Å². The Morgan fingerprint density at radius 2 is 1.67 bits per heavy atom. The van der Waals surface area contributed by atoms with Gasteiger partial charge in [0.1, 0.15) is 0 Å². The number of fused-ring (bicyclic) bond motifs is 1. The molecule has 5 heteroatoms. The van der Waals surface area contributed by atoms with Crippen LogP contribution < -0.4 is 30.0 Å². The molecule has 0 bridgehead atoms. The number of hydrogen-bond acceptors (Lipinski definition) is 0. The Bertz CT molecular complexity index is 652. The van der Waals surface area contributed by atoms with E-state index in [0.717, 1.165) is 0 Å². The van der Waals surface area contributed by atoms with Crippen molar-refractivity contribution in [3.8, 4) is 0 Å². The summed E-state index contributed by atoms with van der Waals surface area (Å²) in [5.41, 5.74) is 1.47. The molecule has 1 nitrogen and oxygen atoms in total. The fraction of sp³-hybridized carbons (Fsp3) is 0.316. The van der Waals surface area contributed by atoms with Crippen LogP contribution in [0.4, 0.5) is 0 Å². The normalized spacial score (nSPS) is 10.1. The van der Waals surface area contributed by atoms with Crippen molar-refractivity contribution in [2.45, 2.75) is 39.3 Å². The Labute approximate surface area is 175 Å². The van der Waals surface area contributed by atoms with Crippen LogP contribution >= 0.6 is 0 Å². The Balaban J connectivity index is 0. The van der Waals surface area contributed by atoms with Crippen LogP contribution in [0.15, 0.2) is 48.7 Å². The summed E-state index contributed by atoms with van der Waals surface area (Å²) in [4.78, 5) is 2.91. The van der Waals surface area contributed by atoms with Gasteiger partial charge in [0.15, 0.2) is 0 Å². The van der Waals surface area contributed by atoms with E-state index in [2.05, 4.69) is 87.5 Å². The summed E-state index contributed by atoms with van der Waals surface area (Å²) < 4.78 is 0. The molecule has 3 aromatic rings. The van der Waals surface area contributed by atoms with Crippen LogP contribution in [0.25, 0.3) is 10.8 Å². The van der Waals surface area contributed by atoms with E-state index in [-0.39, 0.29) is 60.7 Å². The smallest absolute Gasteiger partial charge is 1.00 e. The molecule has 0 fully saturated rings. The molecule has 3 rings (SSSR count). The third kappa shape index (κ3) is 7.25. The maximum absolute atomic E-state index is 3.05. The molecule has 2 aromatic carbocycles. The van der Waals surface area contributed by atoms with Crippen molar-refractivity contribution in [1.82, 2.24) is 4.98 Å². The SMILES string of the molecule is CC(C)(C)c1[c-][nH]cc1.C[Si](C)c1cc2ccccc2[cH-]1.[Cl-].[Cl-].[Ti+4]. The summed E-state index contributed by atoms with van der Waals surface area (Å²) in [5.74, 6) is 0. The Morgan fingerprint density at radius 3 is 2.08 bits per heavy atom. The molecule has 0 aliphatic carbocycles. The largest absolute Gasteiger partial charge is 4.00 e. The quantitative estimate of drug-likeness (QED) is 0.375. The predicted molar refractivity (Wildman–Crippen MR) is 95.0 cm³/mol. The number of rotatable bonds is 1. The van der Waals surface area contributed by atoms with E-state index >= 15 is 0 Å². The van der Waals surface area contributed by atoms with Crippen molar-refractivity contribution in [2.24, 2.45) is 0 Å². The molecule has 1 radical (unpaired) electrons. The minimum atomic E-state index is -0.273. The first-order chi connectivity index (χ1) is 9.88. The fourth-order valence-corrected chi connectivity index (χ4v) is 3.05. The van der Waals surface area contributed by atoms with Gasteiger partial charge in [-0.25, -0.2) is 0 Å². The topological polar surface area (TPSA) is 15.8 Å². The first-order valence-corrected chi connectivity index (χ1v) is 9.89. The predicted octanol–water partition coefficient (Wildman–Crippen LogP) is -1.36. The van der Waals surface area contributed by atoms with Crippen molar-refractivity contribution in [1.29, 1.82) is 0 Å². The van der Waals surface area contributed by atoms with Gasteiger partial charge in [-0.3, -0.25) is 0 Å². The second-order valence-electron chi connectivity index (χ2n) is 6.64. The average Bonchev–Trinajstić information content (AvgIpc) is 3.08. The first kappa shape index (κ1) is 25.9. The number of aromatic nitrogens is 1. The second kappa shape index (κ2) is 11.3. The van der Waals surface area contributed by atoms with Gasteiger partial charge >= 0.3 is 21.7 Å². The molecule has 24 heavy (non-hydrogen) atoms. The van der Waals surface area contributed by atoms with Gasteiger partial charge in [0.2, 0.25) is 0 Å². The third-order valence-electron chi connectivity index (χ3n) is 3.54. The van der Waals surface area contributed by atoms with Gasteiger partial charge in [-0.1, -0.05) is 39.9 Å². The van der Waals surface area contributed by atoms with Crippen LogP contribution in [0.1, 0.15) is 26.3 Å². The van der Waals surface area contributed by atoms with Gasteiger partial charge in [-0.2, -0.15) is 28.9 Å². The molecule has 0 aliphatic heterocycles. The zero-order valence-electron chi connectivity index (χ0n) is 14.9. The number of nitrogens with one attached hydrogen (secondary N) is 1. The molecule has 0 saturated carbocycles. The molecule has 1 aromatic heterocycles. The Morgan fingerprint density at radius 1 is 1.04 bits per heavy atom. The molecule has 0 aliphatic rings. The molecule has 0 amide bonds. The van der Waals surface area contributed by atoms with Crippen molar-refractivity contribution < 1.29 is 46.5 Å². The number of aromatic amines is 1. The zero-order chi connectivity index (χ0) is 15.5. The summed E-state index contributed by atoms with van der Waals surface area (Å²) in [6.45, 7) is 11.2. The summed E-state index contributed by atoms with van der Waals surface area (Å²) in [6, 6.07) is 15.3. The molecule has 0 atom stereocenters. The average molecular weight is 413 g/mol. The van der Waals surface area contributed by atoms with Crippen LogP contribution in [-0.4, -0.2) is 13.8 Å². The standard InChI is InChI=1S/C11H12Si.C8H12N.2ClH.Ti/c1-12(2)11-7-9-5-3-4-6-10(9)8-11;1-8(2,3)7-4-5-9-6-7;;;/h3-8H,1-2H3;4-5,9H,1-3H3;2*1H;/q2*-1;;;+4/p-2. The van der Waals surface area contributed by atoms with Gasteiger partial charge in [-0.15, -0.1) is 41.4 Å². The van der Waals surface area contributed by atoms with Gasteiger partial charge in [0, 0.05) is 0 Å². The summed E-state index contributed by atoms with van der Waals surface area (Å²) in [6.07, 6.45) is 4.96. The third-order valence-corrected chi connectivity index (χ3v) is 4.99. The van der Waals surface area contributed by atoms with Crippen LogP contribution in [0.2, 0.25) is 13.1 Å². The summed E-state index contributed by atoms with van der Waals surface area (Å²) in [5, 5.41) is 4.32. The van der Waals surface area contributed by atoms with Gasteiger partial charge in [0.05, 0.1) is 8.80 Å². The minimum Gasteiger partial charge on any atom is -1.00 e. The molecule has 0 saturated heterocycles. The van der Waals surface area contributed by atoms with Crippen molar-refractivity contribution in [3.63, 3.8) is 0 Å². The molecule has 127 valence electrons. The van der Waals surface area contributed by atoms with E-state index in [9.17, 15) is 0 Å². The first-order valence-electron chi connectivity index (χ1n) is 7.39. The van der Waals surface area contributed by atoms with Crippen LogP contribution in [-0.2, 0) is 27.1 Å². The summed E-state index contributed by atoms with van der Waals surface area (Å²) >= 11 is 0. The number of halogens is 2. The number of hydrogen-bond donors (Lipinski definition) is 1. The van der Waals surface area contributed by atoms with Crippen LogP contribution in [0, 0.1) is 6.20 Å². The molecule has 0 spiro atoms. The van der Waals surface area contributed by atoms with Gasteiger partial charge in [0.25, 0.3) is 0 Å². The van der Waals surface area contributed by atoms with Crippen LogP contribution in [0.3, 0.4) is 0 Å². The Hall–Kier alpha value is -0.379.